The van der Waals surface area contributed by atoms with Gasteiger partial charge in [0.05, 0.1) is 46.2 Å². The van der Waals surface area contributed by atoms with E-state index >= 15 is 0 Å². The summed E-state index contributed by atoms with van der Waals surface area (Å²) < 4.78 is 81.4. The van der Waals surface area contributed by atoms with Gasteiger partial charge in [-0.2, -0.15) is 0 Å². The Labute approximate surface area is 476 Å². The van der Waals surface area contributed by atoms with Gasteiger partial charge in [0.25, 0.3) is 0 Å². The Kier molecular flexibility index (Phi) is 19.0. The van der Waals surface area contributed by atoms with Gasteiger partial charge in [-0.25, -0.2) is 0 Å². The van der Waals surface area contributed by atoms with E-state index in [1.165, 1.54) is 0 Å². The monoisotopic (exact) mass is 1280 g/mol. The van der Waals surface area contributed by atoms with Crippen LogP contribution in [-0.2, 0) is 13.7 Å². The Hall–Kier alpha value is -3.54. The van der Waals surface area contributed by atoms with E-state index in [0.717, 1.165) is 108 Å². The summed E-state index contributed by atoms with van der Waals surface area (Å²) in [6.07, 6.45) is 0.786. The van der Waals surface area contributed by atoms with E-state index < -0.39 is 21.4 Å². The average Bonchev–Trinajstić information content (AvgIpc) is 4.03. The molecule has 3 aliphatic heterocycles. The Balaban J connectivity index is 0.000000178. The molecule has 6 aromatic rings. The van der Waals surface area contributed by atoms with Crippen LogP contribution >= 0.6 is 82.0 Å². The molecule has 0 unspecified atom stereocenters. The van der Waals surface area contributed by atoms with Crippen molar-refractivity contribution < 1.29 is 42.1 Å². The van der Waals surface area contributed by atoms with Gasteiger partial charge in [0.1, 0.15) is 53.5 Å². The van der Waals surface area contributed by atoms with Crippen molar-refractivity contribution in [2.45, 2.75) is 98.6 Å². The minimum atomic E-state index is -2.74. The van der Waals surface area contributed by atoms with E-state index in [2.05, 4.69) is 85.5 Å². The number of benzene rings is 6. The average molecular weight is 1290 g/mol. The fourth-order valence-electron chi connectivity index (χ4n) is 9.47. The summed E-state index contributed by atoms with van der Waals surface area (Å²) in [5.74, 6) is 4.48. The molecule has 18 heteroatoms. The fraction of sp³-hybridized carbons (Fsp3) is 0.368. The number of rotatable bonds is 6. The molecular formula is C57H67BBr3NO9P3S. The van der Waals surface area contributed by atoms with Gasteiger partial charge >= 0.3 is 24.8 Å². The van der Waals surface area contributed by atoms with Crippen LogP contribution in [0.15, 0.2) is 109 Å². The van der Waals surface area contributed by atoms with Crippen molar-refractivity contribution in [3.63, 3.8) is 0 Å². The Morgan fingerprint density at radius 3 is 1.25 bits per heavy atom. The summed E-state index contributed by atoms with van der Waals surface area (Å²) in [6.45, 7) is 24.3. The SMILES string of the molecule is COc1c(Br)cc(Br)c(C)c1-c1cccc2c1[P@](=O)(C(C)(C)C)CO2.COc1c(Br)ccc(C)c1-c1cccc2c1[P@](=O)(C(C)(C)C)CO2.COc1cccc(C)c1-c1cccc2c1[P@](=O)(C(C)(C)C)CO2.[B]=NS. The predicted octanol–water partition coefficient (Wildman–Crippen LogP) is 16.9. The summed E-state index contributed by atoms with van der Waals surface area (Å²) in [6, 6.07) is 29.6. The first-order valence-electron chi connectivity index (χ1n) is 24.1. The summed E-state index contributed by atoms with van der Waals surface area (Å²) in [7, 11) is 1.20. The van der Waals surface area contributed by atoms with Gasteiger partial charge in [-0.1, -0.05) is 133 Å². The van der Waals surface area contributed by atoms with Crippen LogP contribution in [-0.4, -0.2) is 63.5 Å². The number of nitrogens with zero attached hydrogens (tertiary/aromatic N) is 1. The molecule has 0 bridgehead atoms. The zero-order chi connectivity index (χ0) is 55.8. The number of aryl methyl sites for hydroxylation is 2. The topological polar surface area (TPSA) is 119 Å². The zero-order valence-corrected chi connectivity index (χ0v) is 53.7. The second kappa shape index (κ2) is 23.4. The number of methoxy groups -OCH3 is 3. The van der Waals surface area contributed by atoms with Gasteiger partial charge in [-0.15, -0.1) is 0 Å². The molecule has 0 aliphatic carbocycles. The molecule has 9 rings (SSSR count). The number of fused-ring (bicyclic) bond motifs is 3. The first kappa shape index (κ1) is 60.7. The Morgan fingerprint density at radius 2 is 0.867 bits per heavy atom. The normalized spacial score (nSPS) is 19.1. The molecule has 399 valence electrons. The molecular weight excluding hydrogens is 1220 g/mol. The zero-order valence-electron chi connectivity index (χ0n) is 45.4. The molecule has 0 aromatic heterocycles. The van der Waals surface area contributed by atoms with Crippen molar-refractivity contribution in [1.82, 2.24) is 0 Å². The van der Waals surface area contributed by atoms with Gasteiger partial charge < -0.3 is 42.1 Å². The van der Waals surface area contributed by atoms with Crippen LogP contribution < -0.4 is 44.3 Å². The molecule has 3 aliphatic rings. The molecule has 0 amide bonds. The van der Waals surface area contributed by atoms with Crippen LogP contribution in [0, 0.1) is 20.8 Å². The quantitative estimate of drug-likeness (QED) is 0.0988. The fourth-order valence-corrected chi connectivity index (χ4v) is 19.0. The van der Waals surface area contributed by atoms with Crippen molar-refractivity contribution in [3.05, 3.63) is 121 Å². The maximum atomic E-state index is 13.9. The summed E-state index contributed by atoms with van der Waals surface area (Å²) >= 11 is 14.0. The van der Waals surface area contributed by atoms with Crippen molar-refractivity contribution in [2.75, 3.05) is 40.4 Å². The number of hydrogen-bond acceptors (Lipinski definition) is 11. The van der Waals surface area contributed by atoms with Crippen molar-refractivity contribution in [1.29, 1.82) is 0 Å². The molecule has 0 saturated carbocycles. The van der Waals surface area contributed by atoms with E-state index in [0.29, 0.717) is 5.75 Å². The first-order valence-corrected chi connectivity index (χ1v) is 32.6. The molecule has 6 aromatic carbocycles. The molecule has 0 saturated heterocycles. The number of thiol groups is 1. The van der Waals surface area contributed by atoms with E-state index in [-0.39, 0.29) is 34.5 Å². The van der Waals surface area contributed by atoms with Crippen molar-refractivity contribution in [3.8, 4) is 67.9 Å². The standard InChI is InChI=1S/C19H21Br2O3P.C19H22BrO3P.C19H23O3P.BHNS/c1-11-13(20)9-14(21)17(23-5)16(11)12-7-6-8-15-18(12)25(22,10-24-15)19(2,3)4;1-12-9-10-14(20)17(22-5)16(12)13-7-6-8-15-18(13)24(21,11-23-15)19(2,3)4;1-13-8-6-10-15(21-5)17(13)14-9-7-11-16-18(14)23(20,12-22-16)19(2,3)4;1-2-3/h6-9H,10H2,1-5H3;6-10H,11H2,1-5H3;6-11H,12H2,1-5H3;3H/t25-;24-;23-;/m000./s1. The summed E-state index contributed by atoms with van der Waals surface area (Å²) in [5, 5.41) is 1.45. The van der Waals surface area contributed by atoms with Gasteiger partial charge in [-0.3, -0.25) is 0 Å². The van der Waals surface area contributed by atoms with Crippen LogP contribution in [0.4, 0.5) is 0 Å². The molecule has 0 spiro atoms. The molecule has 3 atom stereocenters. The van der Waals surface area contributed by atoms with Gasteiger partial charge in [-0.05, 0) is 106 Å². The second-order valence-corrected chi connectivity index (χ2v) is 34.8. The third-order valence-electron chi connectivity index (χ3n) is 14.0. The van der Waals surface area contributed by atoms with E-state index in [4.69, 9.17) is 28.4 Å². The van der Waals surface area contributed by atoms with Gasteiger partial charge in [0, 0.05) is 53.3 Å². The van der Waals surface area contributed by atoms with Gasteiger partial charge in [0.2, 0.25) is 0 Å². The van der Waals surface area contributed by atoms with Crippen LogP contribution in [0.1, 0.15) is 79.0 Å². The van der Waals surface area contributed by atoms with Crippen LogP contribution in [0.5, 0.6) is 34.5 Å². The summed E-state index contributed by atoms with van der Waals surface area (Å²) in [4.78, 5) is 0. The predicted molar refractivity (Wildman–Crippen MR) is 327 cm³/mol. The van der Waals surface area contributed by atoms with Crippen molar-refractivity contribution >= 4 is 106 Å². The van der Waals surface area contributed by atoms with Crippen molar-refractivity contribution in [2.24, 2.45) is 4.30 Å². The Bertz CT molecular complexity index is 3310. The third kappa shape index (κ3) is 11.4. The number of hydrogen-bond donors (Lipinski definition) is 1. The van der Waals surface area contributed by atoms with Crippen LogP contribution in [0.3, 0.4) is 0 Å². The van der Waals surface area contributed by atoms with E-state index in [1.54, 1.807) is 21.3 Å². The number of ether oxygens (including phenoxy) is 6. The Morgan fingerprint density at radius 1 is 0.507 bits per heavy atom. The second-order valence-electron chi connectivity index (χ2n) is 21.4. The molecule has 75 heavy (non-hydrogen) atoms. The van der Waals surface area contributed by atoms with Gasteiger partial charge in [0.15, 0.2) is 21.4 Å². The molecule has 3 heterocycles. The van der Waals surface area contributed by atoms with E-state index in [9.17, 15) is 13.7 Å². The summed E-state index contributed by atoms with van der Waals surface area (Å²) in [5.41, 5.74) is 8.97. The number of halogens is 3. The van der Waals surface area contributed by atoms with Crippen LogP contribution in [0.25, 0.3) is 33.4 Å². The minimum absolute atomic E-state index is 0.249. The third-order valence-corrected chi connectivity index (χ3v) is 27.5. The molecule has 0 fully saturated rings. The maximum absolute atomic E-state index is 13.9. The van der Waals surface area contributed by atoms with Crippen LogP contribution in [0.2, 0.25) is 0 Å². The first-order chi connectivity index (χ1) is 35.0. The molecule has 1 radical (unpaired) electrons. The van der Waals surface area contributed by atoms with E-state index in [1.807, 2.05) is 161 Å². The molecule has 0 N–H and O–H groups in total. The molecule has 10 nitrogen and oxygen atoms in total.